The van der Waals surface area contributed by atoms with Crippen LogP contribution in [0.15, 0.2) is 31.0 Å². The van der Waals surface area contributed by atoms with Gasteiger partial charge in [0, 0.05) is 12.4 Å². The molecule has 0 saturated carbocycles. The Morgan fingerprint density at radius 2 is 2.29 bits per heavy atom. The summed E-state index contributed by atoms with van der Waals surface area (Å²) in [4.78, 5) is 19.7. The second-order valence-electron chi connectivity index (χ2n) is 3.57. The Hall–Kier alpha value is -2.17. The molecular formula is C12H13N3O2. The molecule has 2 heterocycles. The Bertz CT molecular complexity index is 534. The number of carbonyl (C=O) groups excluding carboxylic acids is 1. The number of hydrogen-bond donors (Lipinski definition) is 0. The highest BCUT2D eigenvalue weighted by Gasteiger charge is 2.08. The third kappa shape index (κ3) is 2.50. The van der Waals surface area contributed by atoms with Crippen LogP contribution >= 0.6 is 0 Å². The molecule has 2 aromatic rings. The molecule has 0 aliphatic heterocycles. The first-order valence-corrected chi connectivity index (χ1v) is 5.34. The molecule has 0 N–H and O–H groups in total. The molecule has 0 unspecified atom stereocenters. The van der Waals surface area contributed by atoms with Crippen molar-refractivity contribution >= 4 is 5.97 Å². The minimum absolute atomic E-state index is 0.354. The van der Waals surface area contributed by atoms with Gasteiger partial charge in [-0.15, -0.1) is 0 Å². The summed E-state index contributed by atoms with van der Waals surface area (Å²) >= 11 is 0. The minimum atomic E-state index is -0.362. The quantitative estimate of drug-likeness (QED) is 0.755. The summed E-state index contributed by atoms with van der Waals surface area (Å²) in [5.41, 5.74) is 2.14. The van der Waals surface area contributed by atoms with Crippen molar-refractivity contribution in [1.82, 2.24) is 14.5 Å². The van der Waals surface area contributed by atoms with E-state index < -0.39 is 0 Å². The van der Waals surface area contributed by atoms with Crippen molar-refractivity contribution in [3.63, 3.8) is 0 Å². The molecule has 0 radical (unpaired) electrons. The summed E-state index contributed by atoms with van der Waals surface area (Å²) in [6, 6.07) is 1.73. The van der Waals surface area contributed by atoms with Crippen molar-refractivity contribution in [2.75, 3.05) is 6.61 Å². The molecule has 2 rings (SSSR count). The predicted octanol–water partition coefficient (Wildman–Crippen LogP) is 1.75. The number of imidazole rings is 1. The first kappa shape index (κ1) is 11.3. The number of ether oxygens (including phenoxy) is 1. The number of esters is 1. The zero-order valence-electron chi connectivity index (χ0n) is 9.75. The molecule has 0 bridgehead atoms. The van der Waals surface area contributed by atoms with Gasteiger partial charge in [-0.3, -0.25) is 4.98 Å². The maximum atomic E-state index is 11.5. The van der Waals surface area contributed by atoms with Crippen LogP contribution in [-0.4, -0.2) is 27.1 Å². The van der Waals surface area contributed by atoms with E-state index in [1.54, 1.807) is 25.5 Å². The molecule has 0 spiro atoms. The van der Waals surface area contributed by atoms with Gasteiger partial charge in [-0.05, 0) is 19.9 Å². The van der Waals surface area contributed by atoms with Gasteiger partial charge in [-0.1, -0.05) is 0 Å². The zero-order valence-corrected chi connectivity index (χ0v) is 9.75. The highest BCUT2D eigenvalue weighted by Crippen LogP contribution is 2.10. The van der Waals surface area contributed by atoms with E-state index in [-0.39, 0.29) is 5.97 Å². The number of pyridine rings is 1. The summed E-state index contributed by atoms with van der Waals surface area (Å²) in [6.07, 6.45) is 6.71. The lowest BCUT2D eigenvalue weighted by Crippen LogP contribution is -2.06. The number of aromatic nitrogens is 3. The van der Waals surface area contributed by atoms with Crippen molar-refractivity contribution in [2.24, 2.45) is 0 Å². The molecule has 0 atom stereocenters. The maximum absolute atomic E-state index is 11.5. The van der Waals surface area contributed by atoms with Crippen LogP contribution in [0.1, 0.15) is 23.0 Å². The van der Waals surface area contributed by atoms with Crippen molar-refractivity contribution in [1.29, 1.82) is 0 Å². The molecule has 5 nitrogen and oxygen atoms in total. The first-order valence-electron chi connectivity index (χ1n) is 5.34. The Labute approximate surface area is 99.1 Å². The van der Waals surface area contributed by atoms with E-state index in [1.165, 1.54) is 6.20 Å². The predicted molar refractivity (Wildman–Crippen MR) is 62.1 cm³/mol. The number of rotatable bonds is 3. The van der Waals surface area contributed by atoms with E-state index >= 15 is 0 Å². The zero-order chi connectivity index (χ0) is 12.3. The van der Waals surface area contributed by atoms with Crippen LogP contribution in [0.5, 0.6) is 0 Å². The lowest BCUT2D eigenvalue weighted by Gasteiger charge is -2.04. The van der Waals surface area contributed by atoms with Gasteiger partial charge in [0.05, 0.1) is 36.1 Å². The SMILES string of the molecule is CCOC(=O)c1cncc(-n2cnc(C)c2)c1. The lowest BCUT2D eigenvalue weighted by atomic mass is 10.2. The van der Waals surface area contributed by atoms with Crippen molar-refractivity contribution in [3.05, 3.63) is 42.2 Å². The van der Waals surface area contributed by atoms with E-state index in [2.05, 4.69) is 9.97 Å². The Morgan fingerprint density at radius 3 is 2.94 bits per heavy atom. The van der Waals surface area contributed by atoms with Gasteiger partial charge < -0.3 is 9.30 Å². The van der Waals surface area contributed by atoms with Crippen molar-refractivity contribution < 1.29 is 9.53 Å². The normalized spacial score (nSPS) is 10.2. The van der Waals surface area contributed by atoms with Crippen molar-refractivity contribution in [2.45, 2.75) is 13.8 Å². The molecule has 0 fully saturated rings. The number of nitrogens with zero attached hydrogens (tertiary/aromatic N) is 3. The Morgan fingerprint density at radius 1 is 1.47 bits per heavy atom. The highest BCUT2D eigenvalue weighted by molar-refractivity contribution is 5.89. The lowest BCUT2D eigenvalue weighted by molar-refractivity contribution is 0.0526. The minimum Gasteiger partial charge on any atom is -0.462 e. The highest BCUT2D eigenvalue weighted by atomic mass is 16.5. The van der Waals surface area contributed by atoms with Gasteiger partial charge in [-0.2, -0.15) is 0 Å². The molecule has 0 aliphatic rings. The third-order valence-electron chi connectivity index (χ3n) is 2.24. The van der Waals surface area contributed by atoms with E-state index in [4.69, 9.17) is 4.74 Å². The fraction of sp³-hybridized carbons (Fsp3) is 0.250. The van der Waals surface area contributed by atoms with Crippen LogP contribution in [0.2, 0.25) is 0 Å². The van der Waals surface area contributed by atoms with E-state index in [1.807, 2.05) is 17.7 Å². The monoisotopic (exact) mass is 231 g/mol. The Balaban J connectivity index is 2.31. The largest absolute Gasteiger partial charge is 0.462 e. The summed E-state index contributed by atoms with van der Waals surface area (Å²) in [5.74, 6) is -0.362. The maximum Gasteiger partial charge on any atom is 0.339 e. The smallest absolute Gasteiger partial charge is 0.339 e. The van der Waals surface area contributed by atoms with Gasteiger partial charge >= 0.3 is 5.97 Å². The molecule has 17 heavy (non-hydrogen) atoms. The number of hydrogen-bond acceptors (Lipinski definition) is 4. The van der Waals surface area contributed by atoms with E-state index in [9.17, 15) is 4.79 Å². The van der Waals surface area contributed by atoms with Crippen LogP contribution in [0.4, 0.5) is 0 Å². The average molecular weight is 231 g/mol. The molecule has 0 aliphatic carbocycles. The van der Waals surface area contributed by atoms with Crippen LogP contribution in [-0.2, 0) is 4.74 Å². The molecule has 0 aromatic carbocycles. The molecule has 0 saturated heterocycles. The van der Waals surface area contributed by atoms with Crippen LogP contribution < -0.4 is 0 Å². The van der Waals surface area contributed by atoms with Gasteiger partial charge in [0.15, 0.2) is 0 Å². The summed E-state index contributed by atoms with van der Waals surface area (Å²) in [5, 5.41) is 0. The second-order valence-corrected chi connectivity index (χ2v) is 3.57. The van der Waals surface area contributed by atoms with Gasteiger partial charge in [0.1, 0.15) is 0 Å². The Kier molecular flexibility index (Phi) is 3.18. The standard InChI is InChI=1S/C12H13N3O2/c1-3-17-12(16)10-4-11(6-13-5-10)15-7-9(2)14-8-15/h4-8H,3H2,1-2H3. The summed E-state index contributed by atoms with van der Waals surface area (Å²) in [6.45, 7) is 4.03. The molecule has 0 amide bonds. The summed E-state index contributed by atoms with van der Waals surface area (Å²) < 4.78 is 6.73. The first-order chi connectivity index (χ1) is 8.20. The summed E-state index contributed by atoms with van der Waals surface area (Å²) in [7, 11) is 0. The van der Waals surface area contributed by atoms with Gasteiger partial charge in [0.2, 0.25) is 0 Å². The van der Waals surface area contributed by atoms with Gasteiger partial charge in [0.25, 0.3) is 0 Å². The van der Waals surface area contributed by atoms with Crippen LogP contribution in [0.3, 0.4) is 0 Å². The van der Waals surface area contributed by atoms with Crippen LogP contribution in [0, 0.1) is 6.92 Å². The number of carbonyl (C=O) groups is 1. The topological polar surface area (TPSA) is 57.0 Å². The molecule has 5 heteroatoms. The second kappa shape index (κ2) is 4.78. The molecule has 2 aromatic heterocycles. The molecule has 88 valence electrons. The van der Waals surface area contributed by atoms with E-state index in [0.29, 0.717) is 12.2 Å². The number of aryl methyl sites for hydroxylation is 1. The fourth-order valence-corrected chi connectivity index (χ4v) is 1.46. The third-order valence-corrected chi connectivity index (χ3v) is 2.24. The average Bonchev–Trinajstić information content (AvgIpc) is 2.76. The molecular weight excluding hydrogens is 218 g/mol. The van der Waals surface area contributed by atoms with Crippen LogP contribution in [0.25, 0.3) is 5.69 Å². The fourth-order valence-electron chi connectivity index (χ4n) is 1.46. The van der Waals surface area contributed by atoms with Gasteiger partial charge in [-0.25, -0.2) is 9.78 Å². The van der Waals surface area contributed by atoms with Crippen molar-refractivity contribution in [3.8, 4) is 5.69 Å². The van der Waals surface area contributed by atoms with E-state index in [0.717, 1.165) is 11.4 Å².